The lowest BCUT2D eigenvalue weighted by Gasteiger charge is -2.34. The number of likely N-dealkylation sites (tertiary alicyclic amines) is 1. The molecule has 2 amide bonds. The highest BCUT2D eigenvalue weighted by atomic mass is 35.5. The smallest absolute Gasteiger partial charge is 0.227 e. The van der Waals surface area contributed by atoms with Crippen molar-refractivity contribution in [2.75, 3.05) is 31.5 Å². The van der Waals surface area contributed by atoms with Gasteiger partial charge in [0, 0.05) is 29.9 Å². The number of carbonyl (C=O) groups excluding carboxylic acids is 2. The van der Waals surface area contributed by atoms with Gasteiger partial charge in [0.05, 0.1) is 5.69 Å². The summed E-state index contributed by atoms with van der Waals surface area (Å²) in [4.78, 5) is 26.9. The molecule has 0 bridgehead atoms. The third-order valence-electron chi connectivity index (χ3n) is 5.08. The number of benzene rings is 1. The molecule has 6 nitrogen and oxygen atoms in total. The normalized spacial score (nSPS) is 19.6. The van der Waals surface area contributed by atoms with Crippen molar-refractivity contribution in [3.8, 4) is 5.75 Å². The fourth-order valence-corrected chi connectivity index (χ4v) is 3.70. The number of piperidine rings is 2. The quantitative estimate of drug-likeness (QED) is 0.717. The first kappa shape index (κ1) is 18.0. The Morgan fingerprint density at radius 3 is 2.48 bits per heavy atom. The average Bonchev–Trinajstić information content (AvgIpc) is 2.65. The Hall–Kier alpha value is -1.79. The molecular weight excluding hydrogens is 342 g/mol. The lowest BCUT2D eigenvalue weighted by Crippen LogP contribution is -2.46. The van der Waals surface area contributed by atoms with E-state index in [9.17, 15) is 14.7 Å². The van der Waals surface area contributed by atoms with Crippen molar-refractivity contribution in [1.29, 1.82) is 0 Å². The van der Waals surface area contributed by atoms with Gasteiger partial charge in [-0.1, -0.05) is 11.6 Å². The van der Waals surface area contributed by atoms with Gasteiger partial charge in [0.2, 0.25) is 11.8 Å². The van der Waals surface area contributed by atoms with Gasteiger partial charge in [0.15, 0.2) is 0 Å². The van der Waals surface area contributed by atoms with E-state index in [-0.39, 0.29) is 29.4 Å². The molecule has 0 radical (unpaired) electrons. The average molecular weight is 366 g/mol. The molecule has 2 fully saturated rings. The summed E-state index contributed by atoms with van der Waals surface area (Å²) in [6, 6.07) is 4.56. The molecule has 0 aliphatic carbocycles. The number of nitrogens with zero attached hydrogens (tertiary/aromatic N) is 1. The number of phenolic OH excluding ortho intramolecular Hbond substituents is 1. The van der Waals surface area contributed by atoms with Gasteiger partial charge >= 0.3 is 0 Å². The van der Waals surface area contributed by atoms with Crippen molar-refractivity contribution < 1.29 is 14.7 Å². The van der Waals surface area contributed by atoms with Crippen LogP contribution in [0.1, 0.15) is 25.7 Å². The number of hydrogen-bond donors (Lipinski definition) is 3. The van der Waals surface area contributed by atoms with Crippen LogP contribution in [-0.2, 0) is 9.59 Å². The topological polar surface area (TPSA) is 81.7 Å². The molecule has 2 aliphatic heterocycles. The summed E-state index contributed by atoms with van der Waals surface area (Å²) in [5.41, 5.74) is 0.325. The minimum atomic E-state index is -0.157. The Morgan fingerprint density at radius 1 is 1.12 bits per heavy atom. The Morgan fingerprint density at radius 2 is 1.80 bits per heavy atom. The number of anilines is 1. The maximum Gasteiger partial charge on any atom is 0.227 e. The molecule has 2 aliphatic rings. The van der Waals surface area contributed by atoms with Crippen molar-refractivity contribution in [3.05, 3.63) is 23.2 Å². The number of carbonyl (C=O) groups is 2. The summed E-state index contributed by atoms with van der Waals surface area (Å²) < 4.78 is 0. The van der Waals surface area contributed by atoms with E-state index in [0.29, 0.717) is 36.6 Å². The minimum absolute atomic E-state index is 0.00345. The van der Waals surface area contributed by atoms with Crippen LogP contribution in [0.2, 0.25) is 5.02 Å². The van der Waals surface area contributed by atoms with Crippen molar-refractivity contribution in [3.63, 3.8) is 0 Å². The molecular formula is C18H24ClN3O3. The predicted molar refractivity (Wildman–Crippen MR) is 96.6 cm³/mol. The van der Waals surface area contributed by atoms with E-state index in [0.717, 1.165) is 25.9 Å². The van der Waals surface area contributed by atoms with Crippen LogP contribution < -0.4 is 10.6 Å². The van der Waals surface area contributed by atoms with Gasteiger partial charge in [-0.05, 0) is 57.0 Å². The number of phenols is 1. The number of halogens is 1. The molecule has 0 aromatic heterocycles. The van der Waals surface area contributed by atoms with Gasteiger partial charge in [-0.15, -0.1) is 0 Å². The summed E-state index contributed by atoms with van der Waals surface area (Å²) in [6.45, 7) is 3.03. The molecule has 0 unspecified atom stereocenters. The van der Waals surface area contributed by atoms with Crippen LogP contribution in [0.5, 0.6) is 5.75 Å². The van der Waals surface area contributed by atoms with Crippen LogP contribution in [0.15, 0.2) is 18.2 Å². The second-order valence-electron chi connectivity index (χ2n) is 6.77. The van der Waals surface area contributed by atoms with Crippen LogP contribution in [0.25, 0.3) is 0 Å². The van der Waals surface area contributed by atoms with Crippen molar-refractivity contribution in [2.24, 2.45) is 11.8 Å². The summed E-state index contributed by atoms with van der Waals surface area (Å²) in [6.07, 6.45) is 3.08. The van der Waals surface area contributed by atoms with Crippen LogP contribution in [0, 0.1) is 11.8 Å². The number of aromatic hydroxyl groups is 1. The molecule has 0 atom stereocenters. The molecule has 3 rings (SSSR count). The predicted octanol–water partition coefficient (Wildman–Crippen LogP) is 2.22. The van der Waals surface area contributed by atoms with E-state index in [2.05, 4.69) is 10.6 Å². The van der Waals surface area contributed by atoms with Crippen molar-refractivity contribution in [2.45, 2.75) is 25.7 Å². The number of hydrogen-bond acceptors (Lipinski definition) is 4. The Kier molecular flexibility index (Phi) is 5.81. The van der Waals surface area contributed by atoms with Crippen LogP contribution in [-0.4, -0.2) is 48.0 Å². The zero-order chi connectivity index (χ0) is 17.8. The molecule has 3 N–H and O–H groups in total. The minimum Gasteiger partial charge on any atom is -0.506 e. The largest absolute Gasteiger partial charge is 0.506 e. The third kappa shape index (κ3) is 4.44. The Balaban J connectivity index is 1.52. The fraction of sp³-hybridized carbons (Fsp3) is 0.556. The van der Waals surface area contributed by atoms with E-state index in [1.807, 2.05) is 4.90 Å². The maximum absolute atomic E-state index is 12.6. The second kappa shape index (κ2) is 8.06. The SMILES string of the molecule is O=C(Nc1cc(Cl)ccc1O)C1CCN(C(=O)C2CCNCC2)CC1. The first-order valence-electron chi connectivity index (χ1n) is 8.83. The van der Waals surface area contributed by atoms with E-state index >= 15 is 0 Å². The molecule has 25 heavy (non-hydrogen) atoms. The highest BCUT2D eigenvalue weighted by molar-refractivity contribution is 6.31. The summed E-state index contributed by atoms with van der Waals surface area (Å²) >= 11 is 5.90. The summed E-state index contributed by atoms with van der Waals surface area (Å²) in [5, 5.41) is 16.3. The van der Waals surface area contributed by atoms with E-state index in [1.165, 1.54) is 12.1 Å². The Bertz CT molecular complexity index is 638. The highest BCUT2D eigenvalue weighted by Crippen LogP contribution is 2.28. The highest BCUT2D eigenvalue weighted by Gasteiger charge is 2.31. The number of rotatable bonds is 3. The molecule has 0 saturated carbocycles. The standard InChI is InChI=1S/C18H24ClN3O3/c19-14-1-2-16(23)15(11-14)21-17(24)12-5-9-22(10-6-12)18(25)13-3-7-20-8-4-13/h1-2,11-13,20,23H,3-10H2,(H,21,24). The van der Waals surface area contributed by atoms with Crippen LogP contribution in [0.3, 0.4) is 0 Å². The summed E-state index contributed by atoms with van der Waals surface area (Å²) in [5.74, 6) is 0.0566. The summed E-state index contributed by atoms with van der Waals surface area (Å²) in [7, 11) is 0. The zero-order valence-corrected chi connectivity index (χ0v) is 14.9. The van der Waals surface area contributed by atoms with Gasteiger partial charge in [-0.25, -0.2) is 0 Å². The molecule has 7 heteroatoms. The first-order chi connectivity index (χ1) is 12.0. The van der Waals surface area contributed by atoms with Crippen LogP contribution >= 0.6 is 11.6 Å². The Labute approximate surface area is 152 Å². The fourth-order valence-electron chi connectivity index (χ4n) is 3.53. The number of amides is 2. The van der Waals surface area contributed by atoms with Crippen LogP contribution in [0.4, 0.5) is 5.69 Å². The lowest BCUT2D eigenvalue weighted by molar-refractivity contribution is -0.139. The van der Waals surface area contributed by atoms with Gasteiger partial charge in [0.1, 0.15) is 5.75 Å². The molecule has 1 aromatic carbocycles. The van der Waals surface area contributed by atoms with E-state index in [1.54, 1.807) is 6.07 Å². The van der Waals surface area contributed by atoms with Crippen molar-refractivity contribution >= 4 is 29.1 Å². The van der Waals surface area contributed by atoms with E-state index < -0.39 is 0 Å². The number of nitrogens with one attached hydrogen (secondary N) is 2. The monoisotopic (exact) mass is 365 g/mol. The molecule has 2 saturated heterocycles. The zero-order valence-electron chi connectivity index (χ0n) is 14.1. The molecule has 1 aromatic rings. The van der Waals surface area contributed by atoms with Gasteiger partial charge in [-0.3, -0.25) is 9.59 Å². The lowest BCUT2D eigenvalue weighted by atomic mass is 9.92. The van der Waals surface area contributed by atoms with Crippen molar-refractivity contribution in [1.82, 2.24) is 10.2 Å². The molecule has 136 valence electrons. The second-order valence-corrected chi connectivity index (χ2v) is 7.21. The van der Waals surface area contributed by atoms with Gasteiger partial charge in [-0.2, -0.15) is 0 Å². The third-order valence-corrected chi connectivity index (χ3v) is 5.32. The maximum atomic E-state index is 12.6. The van der Waals surface area contributed by atoms with Gasteiger partial charge < -0.3 is 20.6 Å². The van der Waals surface area contributed by atoms with Gasteiger partial charge in [0.25, 0.3) is 0 Å². The van der Waals surface area contributed by atoms with E-state index in [4.69, 9.17) is 11.6 Å². The first-order valence-corrected chi connectivity index (χ1v) is 9.21. The molecule has 0 spiro atoms. The molecule has 2 heterocycles.